The van der Waals surface area contributed by atoms with Crippen molar-refractivity contribution in [3.8, 4) is 0 Å². The van der Waals surface area contributed by atoms with Gasteiger partial charge in [-0.15, -0.1) is 0 Å². The minimum absolute atomic E-state index is 0.125. The van der Waals surface area contributed by atoms with Crippen LogP contribution < -0.4 is 5.32 Å². The van der Waals surface area contributed by atoms with E-state index in [1.54, 1.807) is 6.07 Å². The lowest BCUT2D eigenvalue weighted by atomic mass is 10.2. The average molecular weight is 252 g/mol. The second-order valence-electron chi connectivity index (χ2n) is 4.50. The normalized spacial score (nSPS) is 16.7. The first kappa shape index (κ1) is 13.1. The van der Waals surface area contributed by atoms with Crippen LogP contribution in [-0.2, 0) is 4.74 Å². The molecule has 1 aliphatic heterocycles. The van der Waals surface area contributed by atoms with Gasteiger partial charge in [0.1, 0.15) is 0 Å². The lowest BCUT2D eigenvalue weighted by Gasteiger charge is -2.26. The molecule has 1 saturated heterocycles. The zero-order valence-corrected chi connectivity index (χ0v) is 10.8. The van der Waals surface area contributed by atoms with Crippen LogP contribution in [-0.4, -0.2) is 50.2 Å². The van der Waals surface area contributed by atoms with E-state index >= 15 is 0 Å². The van der Waals surface area contributed by atoms with Gasteiger partial charge in [0.05, 0.1) is 19.5 Å². The highest BCUT2D eigenvalue weighted by Crippen LogP contribution is 2.08. The average Bonchev–Trinajstić information content (AvgIpc) is 2.82. The SMILES string of the molecule is Cc1ccoc1C(=O)NCCCN1CCOCC1. The number of ether oxygens (including phenoxy) is 1. The molecular weight excluding hydrogens is 232 g/mol. The first-order valence-electron chi connectivity index (χ1n) is 6.40. The Bertz CT molecular complexity index is 383. The molecule has 0 radical (unpaired) electrons. The van der Waals surface area contributed by atoms with Crippen LogP contribution in [0.25, 0.3) is 0 Å². The molecule has 1 aromatic heterocycles. The molecule has 18 heavy (non-hydrogen) atoms. The molecule has 0 bridgehead atoms. The van der Waals surface area contributed by atoms with E-state index in [9.17, 15) is 4.79 Å². The van der Waals surface area contributed by atoms with Gasteiger partial charge < -0.3 is 14.5 Å². The zero-order valence-electron chi connectivity index (χ0n) is 10.8. The predicted molar refractivity (Wildman–Crippen MR) is 67.7 cm³/mol. The van der Waals surface area contributed by atoms with Crippen LogP contribution in [0.5, 0.6) is 0 Å². The molecule has 0 aromatic carbocycles. The van der Waals surface area contributed by atoms with Crippen molar-refractivity contribution in [2.75, 3.05) is 39.4 Å². The van der Waals surface area contributed by atoms with Crippen LogP contribution in [0.15, 0.2) is 16.7 Å². The third-order valence-corrected chi connectivity index (χ3v) is 3.11. The van der Waals surface area contributed by atoms with Gasteiger partial charge in [0.15, 0.2) is 5.76 Å². The third kappa shape index (κ3) is 3.58. The molecule has 0 unspecified atom stereocenters. The molecule has 1 fully saturated rings. The van der Waals surface area contributed by atoms with E-state index in [1.165, 1.54) is 6.26 Å². The second-order valence-corrected chi connectivity index (χ2v) is 4.50. The molecule has 1 N–H and O–H groups in total. The monoisotopic (exact) mass is 252 g/mol. The summed E-state index contributed by atoms with van der Waals surface area (Å²) >= 11 is 0. The van der Waals surface area contributed by atoms with Gasteiger partial charge in [0, 0.05) is 25.2 Å². The van der Waals surface area contributed by atoms with Crippen molar-refractivity contribution in [1.82, 2.24) is 10.2 Å². The second kappa shape index (κ2) is 6.56. The molecular formula is C13H20N2O3. The molecule has 0 atom stereocenters. The van der Waals surface area contributed by atoms with Crippen molar-refractivity contribution in [3.05, 3.63) is 23.7 Å². The van der Waals surface area contributed by atoms with E-state index in [-0.39, 0.29) is 5.91 Å². The lowest BCUT2D eigenvalue weighted by Crippen LogP contribution is -2.38. The minimum atomic E-state index is -0.125. The Morgan fingerprint density at radius 2 is 2.22 bits per heavy atom. The number of amides is 1. The van der Waals surface area contributed by atoms with Gasteiger partial charge in [-0.25, -0.2) is 0 Å². The summed E-state index contributed by atoms with van der Waals surface area (Å²) in [4.78, 5) is 14.1. The Balaban J connectivity index is 1.63. The van der Waals surface area contributed by atoms with E-state index in [2.05, 4.69) is 10.2 Å². The highest BCUT2D eigenvalue weighted by atomic mass is 16.5. The Morgan fingerprint density at radius 1 is 1.44 bits per heavy atom. The summed E-state index contributed by atoms with van der Waals surface area (Å²) in [5, 5.41) is 2.87. The highest BCUT2D eigenvalue weighted by molar-refractivity contribution is 5.92. The summed E-state index contributed by atoms with van der Waals surface area (Å²) in [6.45, 7) is 7.16. The number of hydrogen-bond donors (Lipinski definition) is 1. The van der Waals surface area contributed by atoms with Crippen LogP contribution in [0.4, 0.5) is 0 Å². The van der Waals surface area contributed by atoms with E-state index in [1.807, 2.05) is 6.92 Å². The van der Waals surface area contributed by atoms with E-state index in [0.717, 1.165) is 44.8 Å². The van der Waals surface area contributed by atoms with Gasteiger partial charge >= 0.3 is 0 Å². The fourth-order valence-electron chi connectivity index (χ4n) is 2.01. The van der Waals surface area contributed by atoms with Gasteiger partial charge in [-0.1, -0.05) is 0 Å². The van der Waals surface area contributed by atoms with Crippen LogP contribution in [0.3, 0.4) is 0 Å². The summed E-state index contributed by atoms with van der Waals surface area (Å²) in [5.41, 5.74) is 0.876. The van der Waals surface area contributed by atoms with Crippen molar-refractivity contribution in [2.24, 2.45) is 0 Å². The van der Waals surface area contributed by atoms with Crippen LogP contribution >= 0.6 is 0 Å². The number of carbonyl (C=O) groups is 1. The van der Waals surface area contributed by atoms with Crippen molar-refractivity contribution >= 4 is 5.91 Å². The number of rotatable bonds is 5. The predicted octanol–water partition coefficient (Wildman–Crippen LogP) is 1.04. The minimum Gasteiger partial charge on any atom is -0.459 e. The Kier molecular flexibility index (Phi) is 4.78. The summed E-state index contributed by atoms with van der Waals surface area (Å²) in [6.07, 6.45) is 2.49. The van der Waals surface area contributed by atoms with E-state index < -0.39 is 0 Å². The van der Waals surface area contributed by atoms with Gasteiger partial charge in [-0.3, -0.25) is 9.69 Å². The van der Waals surface area contributed by atoms with Gasteiger partial charge in [-0.05, 0) is 26.0 Å². The van der Waals surface area contributed by atoms with Gasteiger partial charge in [0.25, 0.3) is 5.91 Å². The van der Waals surface area contributed by atoms with Crippen molar-refractivity contribution in [2.45, 2.75) is 13.3 Å². The Hall–Kier alpha value is -1.33. The largest absolute Gasteiger partial charge is 0.459 e. The molecule has 1 aliphatic rings. The Labute approximate surface area is 107 Å². The first-order valence-corrected chi connectivity index (χ1v) is 6.40. The van der Waals surface area contributed by atoms with Gasteiger partial charge in [0.2, 0.25) is 0 Å². The number of aryl methyl sites for hydroxylation is 1. The number of furan rings is 1. The topological polar surface area (TPSA) is 54.7 Å². The number of carbonyl (C=O) groups excluding carboxylic acids is 1. The molecule has 0 aliphatic carbocycles. The lowest BCUT2D eigenvalue weighted by molar-refractivity contribution is 0.0374. The van der Waals surface area contributed by atoms with Crippen molar-refractivity contribution in [1.29, 1.82) is 0 Å². The summed E-state index contributed by atoms with van der Waals surface area (Å²) < 4.78 is 10.4. The van der Waals surface area contributed by atoms with Gasteiger partial charge in [-0.2, -0.15) is 0 Å². The maximum Gasteiger partial charge on any atom is 0.287 e. The van der Waals surface area contributed by atoms with Crippen LogP contribution in [0, 0.1) is 6.92 Å². The first-order chi connectivity index (χ1) is 8.77. The summed E-state index contributed by atoms with van der Waals surface area (Å²) in [6, 6.07) is 1.79. The van der Waals surface area contributed by atoms with Crippen LogP contribution in [0.1, 0.15) is 22.5 Å². The molecule has 1 amide bonds. The quantitative estimate of drug-likeness (QED) is 0.796. The molecule has 5 nitrogen and oxygen atoms in total. The number of nitrogens with one attached hydrogen (secondary N) is 1. The summed E-state index contributed by atoms with van der Waals surface area (Å²) in [7, 11) is 0. The third-order valence-electron chi connectivity index (χ3n) is 3.11. The maximum atomic E-state index is 11.7. The molecule has 2 rings (SSSR count). The van der Waals surface area contributed by atoms with Crippen molar-refractivity contribution in [3.63, 3.8) is 0 Å². The standard InChI is InChI=1S/C13H20N2O3/c1-11-3-8-18-12(11)13(16)14-4-2-5-15-6-9-17-10-7-15/h3,8H,2,4-7,9-10H2,1H3,(H,14,16). The van der Waals surface area contributed by atoms with E-state index in [4.69, 9.17) is 9.15 Å². The number of hydrogen-bond acceptors (Lipinski definition) is 4. The molecule has 0 saturated carbocycles. The Morgan fingerprint density at radius 3 is 2.89 bits per heavy atom. The fourth-order valence-corrected chi connectivity index (χ4v) is 2.01. The molecule has 100 valence electrons. The molecule has 5 heteroatoms. The number of nitrogens with zero attached hydrogens (tertiary/aromatic N) is 1. The van der Waals surface area contributed by atoms with Crippen LogP contribution in [0.2, 0.25) is 0 Å². The molecule has 1 aromatic rings. The fraction of sp³-hybridized carbons (Fsp3) is 0.615. The van der Waals surface area contributed by atoms with Crippen molar-refractivity contribution < 1.29 is 13.9 Å². The smallest absolute Gasteiger partial charge is 0.287 e. The number of morpholine rings is 1. The summed E-state index contributed by atoms with van der Waals surface area (Å²) in [5.74, 6) is 0.292. The zero-order chi connectivity index (χ0) is 12.8. The molecule has 2 heterocycles. The highest BCUT2D eigenvalue weighted by Gasteiger charge is 2.12. The van der Waals surface area contributed by atoms with E-state index in [0.29, 0.717) is 12.3 Å². The maximum absolute atomic E-state index is 11.7. The molecule has 0 spiro atoms.